The van der Waals surface area contributed by atoms with Crippen molar-refractivity contribution in [3.63, 3.8) is 0 Å². The first-order chi connectivity index (χ1) is 9.56. The first kappa shape index (κ1) is 15.3. The monoisotopic (exact) mass is 279 g/mol. The Labute approximate surface area is 121 Å². The molecule has 0 aromatic heterocycles. The Bertz CT molecular complexity index is 449. The largest absolute Gasteiger partial charge is 0.494 e. The molecule has 2 unspecified atom stereocenters. The minimum absolute atomic E-state index is 0.257. The molecule has 0 aliphatic heterocycles. The van der Waals surface area contributed by atoms with Crippen molar-refractivity contribution in [2.75, 3.05) is 13.7 Å². The molecular weight excluding hydrogens is 253 g/mol. The van der Waals surface area contributed by atoms with Gasteiger partial charge in [0.1, 0.15) is 0 Å². The highest BCUT2D eigenvalue weighted by atomic mass is 19.1. The summed E-state index contributed by atoms with van der Waals surface area (Å²) in [6.07, 6.45) is 5.74. The van der Waals surface area contributed by atoms with Crippen LogP contribution in [0.4, 0.5) is 4.39 Å². The van der Waals surface area contributed by atoms with Gasteiger partial charge in [-0.3, -0.25) is 0 Å². The van der Waals surface area contributed by atoms with Crippen LogP contribution in [0, 0.1) is 11.2 Å². The first-order valence-corrected chi connectivity index (χ1v) is 7.62. The number of ether oxygens (including phenoxy) is 1. The van der Waals surface area contributed by atoms with Gasteiger partial charge in [0.05, 0.1) is 7.11 Å². The van der Waals surface area contributed by atoms with E-state index in [0.29, 0.717) is 11.8 Å². The molecule has 3 heteroatoms. The van der Waals surface area contributed by atoms with Gasteiger partial charge in [-0.05, 0) is 61.8 Å². The molecule has 1 aliphatic carbocycles. The lowest BCUT2D eigenvalue weighted by molar-refractivity contribution is 0.320. The fraction of sp³-hybridized carbons (Fsp3) is 0.647. The SMILES string of the molecule is CCCNC1CCC(C)(Cc2ccc(OC)c(F)c2)C1. The molecule has 1 saturated carbocycles. The van der Waals surface area contributed by atoms with Crippen molar-refractivity contribution in [1.29, 1.82) is 0 Å². The Balaban J connectivity index is 1.97. The van der Waals surface area contributed by atoms with Crippen LogP contribution in [0.25, 0.3) is 0 Å². The van der Waals surface area contributed by atoms with Crippen LogP contribution >= 0.6 is 0 Å². The van der Waals surface area contributed by atoms with Crippen LogP contribution in [-0.2, 0) is 6.42 Å². The summed E-state index contributed by atoms with van der Waals surface area (Å²) in [5, 5.41) is 3.61. The Morgan fingerprint density at radius 3 is 2.90 bits per heavy atom. The highest BCUT2D eigenvalue weighted by Crippen LogP contribution is 2.41. The smallest absolute Gasteiger partial charge is 0.165 e. The number of nitrogens with one attached hydrogen (secondary N) is 1. The van der Waals surface area contributed by atoms with E-state index in [2.05, 4.69) is 19.2 Å². The van der Waals surface area contributed by atoms with Crippen LogP contribution in [0.15, 0.2) is 18.2 Å². The maximum Gasteiger partial charge on any atom is 0.165 e. The average molecular weight is 279 g/mol. The molecule has 0 radical (unpaired) electrons. The highest BCUT2D eigenvalue weighted by Gasteiger charge is 2.34. The highest BCUT2D eigenvalue weighted by molar-refractivity contribution is 5.30. The average Bonchev–Trinajstić information content (AvgIpc) is 2.78. The van der Waals surface area contributed by atoms with Crippen LogP contribution in [0.3, 0.4) is 0 Å². The zero-order chi connectivity index (χ0) is 14.6. The minimum Gasteiger partial charge on any atom is -0.494 e. The zero-order valence-electron chi connectivity index (χ0n) is 12.8. The van der Waals surface area contributed by atoms with E-state index in [1.807, 2.05) is 6.07 Å². The summed E-state index contributed by atoms with van der Waals surface area (Å²) in [6, 6.07) is 5.97. The maximum atomic E-state index is 13.8. The van der Waals surface area contributed by atoms with E-state index in [-0.39, 0.29) is 11.2 Å². The van der Waals surface area contributed by atoms with Crippen molar-refractivity contribution in [1.82, 2.24) is 5.32 Å². The van der Waals surface area contributed by atoms with Gasteiger partial charge in [-0.2, -0.15) is 0 Å². The standard InChI is InChI=1S/C17H26FNO/c1-4-9-19-14-7-8-17(2,12-14)11-13-5-6-16(20-3)15(18)10-13/h5-6,10,14,19H,4,7-9,11-12H2,1-3H3. The molecule has 1 fully saturated rings. The van der Waals surface area contributed by atoms with Crippen molar-refractivity contribution < 1.29 is 9.13 Å². The number of hydrogen-bond acceptors (Lipinski definition) is 2. The van der Waals surface area contributed by atoms with Crippen molar-refractivity contribution in [3.8, 4) is 5.75 Å². The molecule has 0 spiro atoms. The first-order valence-electron chi connectivity index (χ1n) is 7.62. The van der Waals surface area contributed by atoms with Gasteiger partial charge in [0.25, 0.3) is 0 Å². The predicted molar refractivity (Wildman–Crippen MR) is 80.7 cm³/mol. The van der Waals surface area contributed by atoms with E-state index < -0.39 is 0 Å². The van der Waals surface area contributed by atoms with E-state index >= 15 is 0 Å². The van der Waals surface area contributed by atoms with Gasteiger partial charge in [-0.15, -0.1) is 0 Å². The van der Waals surface area contributed by atoms with E-state index in [0.717, 1.165) is 18.5 Å². The lowest BCUT2D eigenvalue weighted by Gasteiger charge is -2.24. The number of rotatable bonds is 6. The summed E-state index contributed by atoms with van der Waals surface area (Å²) in [6.45, 7) is 5.61. The Hall–Kier alpha value is -1.09. The second-order valence-electron chi connectivity index (χ2n) is 6.35. The van der Waals surface area contributed by atoms with E-state index in [1.54, 1.807) is 12.1 Å². The summed E-state index contributed by atoms with van der Waals surface area (Å²) >= 11 is 0. The van der Waals surface area contributed by atoms with Gasteiger partial charge in [0, 0.05) is 6.04 Å². The molecule has 0 heterocycles. The summed E-state index contributed by atoms with van der Waals surface area (Å²) in [7, 11) is 1.50. The molecule has 2 nitrogen and oxygen atoms in total. The molecule has 0 saturated heterocycles. The zero-order valence-corrected chi connectivity index (χ0v) is 12.8. The topological polar surface area (TPSA) is 21.3 Å². The Morgan fingerprint density at radius 1 is 1.45 bits per heavy atom. The second kappa shape index (κ2) is 6.57. The van der Waals surface area contributed by atoms with Crippen LogP contribution in [0.2, 0.25) is 0 Å². The van der Waals surface area contributed by atoms with Crippen LogP contribution < -0.4 is 10.1 Å². The lowest BCUT2D eigenvalue weighted by atomic mass is 9.82. The molecule has 2 rings (SSSR count). The summed E-state index contributed by atoms with van der Waals surface area (Å²) in [4.78, 5) is 0. The molecule has 20 heavy (non-hydrogen) atoms. The van der Waals surface area contributed by atoms with Crippen molar-refractivity contribution in [2.45, 2.75) is 52.0 Å². The van der Waals surface area contributed by atoms with Gasteiger partial charge >= 0.3 is 0 Å². The van der Waals surface area contributed by atoms with Crippen LogP contribution in [0.5, 0.6) is 5.75 Å². The van der Waals surface area contributed by atoms with Gasteiger partial charge in [-0.25, -0.2) is 4.39 Å². The Kier molecular flexibility index (Phi) is 5.03. The number of benzene rings is 1. The normalized spacial score (nSPS) is 25.9. The quantitative estimate of drug-likeness (QED) is 0.851. The van der Waals surface area contributed by atoms with Gasteiger partial charge in [0.2, 0.25) is 0 Å². The van der Waals surface area contributed by atoms with E-state index in [9.17, 15) is 4.39 Å². The molecule has 112 valence electrons. The molecule has 0 bridgehead atoms. The summed E-state index contributed by atoms with van der Waals surface area (Å²) in [5.74, 6) is 0.0695. The molecule has 2 atom stereocenters. The second-order valence-corrected chi connectivity index (χ2v) is 6.35. The fourth-order valence-corrected chi connectivity index (χ4v) is 3.32. The van der Waals surface area contributed by atoms with E-state index in [1.165, 1.54) is 32.8 Å². The van der Waals surface area contributed by atoms with Gasteiger partial charge < -0.3 is 10.1 Å². The number of methoxy groups -OCH3 is 1. The predicted octanol–water partition coefficient (Wildman–Crippen LogP) is 3.94. The van der Waals surface area contributed by atoms with Crippen molar-refractivity contribution >= 4 is 0 Å². The number of hydrogen-bond donors (Lipinski definition) is 1. The lowest BCUT2D eigenvalue weighted by Crippen LogP contribution is -2.28. The van der Waals surface area contributed by atoms with Crippen LogP contribution in [0.1, 0.15) is 45.1 Å². The van der Waals surface area contributed by atoms with Crippen LogP contribution in [-0.4, -0.2) is 19.7 Å². The summed E-state index contributed by atoms with van der Waals surface area (Å²) < 4.78 is 18.7. The number of halogens is 1. The molecule has 0 amide bonds. The van der Waals surface area contributed by atoms with Crippen molar-refractivity contribution in [3.05, 3.63) is 29.6 Å². The third-order valence-electron chi connectivity index (χ3n) is 4.37. The van der Waals surface area contributed by atoms with E-state index in [4.69, 9.17) is 4.74 Å². The third kappa shape index (κ3) is 3.72. The Morgan fingerprint density at radius 2 is 2.25 bits per heavy atom. The minimum atomic E-state index is -0.257. The molecule has 1 aliphatic rings. The molecule has 1 N–H and O–H groups in total. The molecular formula is C17H26FNO. The maximum absolute atomic E-state index is 13.8. The molecule has 1 aromatic rings. The molecule has 1 aromatic carbocycles. The summed E-state index contributed by atoms with van der Waals surface area (Å²) in [5.41, 5.74) is 1.36. The van der Waals surface area contributed by atoms with Gasteiger partial charge in [-0.1, -0.05) is 19.9 Å². The van der Waals surface area contributed by atoms with Crippen molar-refractivity contribution in [2.24, 2.45) is 5.41 Å². The fourth-order valence-electron chi connectivity index (χ4n) is 3.32. The third-order valence-corrected chi connectivity index (χ3v) is 4.37. The van der Waals surface area contributed by atoms with Gasteiger partial charge in [0.15, 0.2) is 11.6 Å².